The van der Waals surface area contributed by atoms with E-state index in [1.165, 1.54) is 0 Å². The SMILES string of the molecule is C[Si](C)(C)O[Si](C)(C)O[Si](C)(C)O[Si](C)(C)O[Si](C)(C)O[Si](C)(C)O[Si](C)(C)O[Si](C)(C)O[Si](C)(C)O[Si](C)(C)O[Si](C)(C)O[Si](O[Si](O[Si](O[Si](C)(C)C)(c1ccccc1)c1ccccc1)(c1ccccc1)c1ccccc1)(c1ccccc1)c1ccccc1. The summed E-state index contributed by atoms with van der Waals surface area (Å²) in [5.74, 6) is 0. The molecule has 0 unspecified atom stereocenters. The van der Waals surface area contributed by atoms with Gasteiger partial charge in [0.2, 0.25) is 0 Å². The van der Waals surface area contributed by atoms with Gasteiger partial charge in [0, 0.05) is 0 Å². The molecule has 29 heteroatoms. The molecule has 6 aromatic rings. The molecule has 0 aliphatic heterocycles. The molecule has 0 fully saturated rings. The van der Waals surface area contributed by atoms with Gasteiger partial charge >= 0.3 is 111 Å². The Kier molecular flexibility index (Phi) is 25.4. The molecule has 0 aliphatic carbocycles. The first kappa shape index (κ1) is 78.0. The predicted octanol–water partition coefficient (Wildman–Crippen LogP) is 13.7. The average molecular weight is 1500 g/mol. The number of hydrogen-bond acceptors (Lipinski definition) is 14. The summed E-state index contributed by atoms with van der Waals surface area (Å²) in [6.45, 7) is 55.0. The van der Waals surface area contributed by atoms with E-state index in [0.717, 1.165) is 31.1 Å². The zero-order chi connectivity index (χ0) is 68.1. The molecule has 0 atom stereocenters. The quantitative estimate of drug-likeness (QED) is 0.0355. The molecule has 0 spiro atoms. The van der Waals surface area contributed by atoms with Crippen molar-refractivity contribution in [3.63, 3.8) is 0 Å². The van der Waals surface area contributed by atoms with Crippen molar-refractivity contribution in [1.82, 2.24) is 0 Å². The average Bonchev–Trinajstić information content (AvgIpc) is 0.723. The van der Waals surface area contributed by atoms with Crippen LogP contribution in [0, 0.1) is 0 Å². The minimum absolute atomic E-state index is 0.906. The van der Waals surface area contributed by atoms with Crippen molar-refractivity contribution in [2.45, 2.75) is 170 Å². The standard InChI is InChI=1S/C62H108O14Si15/c1-77(2,3)63-79(7,8)65-80(9,10)66-81(11,12)67-82(13,14)68-83(15,16)69-84(17,18)70-85(19,20)71-86(21,22)72-87(23,24)73-88(25,26)74-90(59-49-37-29-38-50-59,60-51-39-30-40-52-60)76-91(61-53-41-31-42-54-61,62-55-43-32-44-56-62)75-89(64-78(4,5)6,57-45-33-27-34-46-57)58-47-35-28-36-48-58/h27-56H,1-26H3. The van der Waals surface area contributed by atoms with Gasteiger partial charge in [0.1, 0.15) is 0 Å². The molecule has 14 nitrogen and oxygen atoms in total. The van der Waals surface area contributed by atoms with Crippen molar-refractivity contribution in [2.75, 3.05) is 0 Å². The summed E-state index contributed by atoms with van der Waals surface area (Å²) in [6.07, 6.45) is 0. The minimum atomic E-state index is -4.15. The van der Waals surface area contributed by atoms with Crippen LogP contribution >= 0.6 is 0 Å². The van der Waals surface area contributed by atoms with Gasteiger partial charge in [0.15, 0.2) is 16.6 Å². The maximum Gasteiger partial charge on any atom is 0.390 e. The maximum absolute atomic E-state index is 8.65. The molecule has 0 bridgehead atoms. The number of rotatable bonds is 34. The Hall–Kier alpha value is -1.99. The summed E-state index contributed by atoms with van der Waals surface area (Å²) in [5, 5.41) is 5.60. The lowest BCUT2D eigenvalue weighted by molar-refractivity contribution is 0.252. The maximum atomic E-state index is 8.65. The van der Waals surface area contributed by atoms with Crippen molar-refractivity contribution in [3.05, 3.63) is 182 Å². The molecule has 6 aromatic carbocycles. The molecule has 91 heavy (non-hydrogen) atoms. The van der Waals surface area contributed by atoms with Crippen LogP contribution in [0.1, 0.15) is 0 Å². The molecule has 0 N–H and O–H groups in total. The summed E-state index contributed by atoms with van der Waals surface area (Å²) < 4.78 is 103. The molecule has 0 saturated heterocycles. The smallest absolute Gasteiger partial charge is 0.390 e. The fourth-order valence-corrected chi connectivity index (χ4v) is 88.1. The van der Waals surface area contributed by atoms with Crippen molar-refractivity contribution in [2.24, 2.45) is 0 Å². The van der Waals surface area contributed by atoms with Crippen molar-refractivity contribution < 1.29 is 57.6 Å². The second-order valence-electron chi connectivity index (χ2n) is 29.7. The van der Waals surface area contributed by atoms with E-state index in [-0.39, 0.29) is 0 Å². The highest BCUT2D eigenvalue weighted by atomic mass is 28.5. The molecule has 0 aromatic heterocycles. The zero-order valence-electron chi connectivity index (χ0n) is 59.5. The summed E-state index contributed by atoms with van der Waals surface area (Å²) in [6, 6.07) is 62.9. The Morgan fingerprint density at radius 1 is 0.143 bits per heavy atom. The van der Waals surface area contributed by atoms with Gasteiger partial charge in [0.05, 0.1) is 0 Å². The molecule has 0 aliphatic rings. The van der Waals surface area contributed by atoms with E-state index >= 15 is 0 Å². The van der Waals surface area contributed by atoms with Crippen LogP contribution in [0.4, 0.5) is 0 Å². The summed E-state index contributed by atoms with van der Waals surface area (Å²) in [5.41, 5.74) is 0. The Balaban J connectivity index is 1.33. The Labute approximate surface area is 564 Å². The largest absolute Gasteiger partial charge is 0.437 e. The van der Waals surface area contributed by atoms with E-state index < -0.39 is 128 Å². The van der Waals surface area contributed by atoms with Gasteiger partial charge in [-0.15, -0.1) is 0 Å². The van der Waals surface area contributed by atoms with Crippen LogP contribution in [0.5, 0.6) is 0 Å². The van der Waals surface area contributed by atoms with Gasteiger partial charge in [-0.05, 0) is 201 Å². The zero-order valence-corrected chi connectivity index (χ0v) is 74.5. The molecule has 6 rings (SSSR count). The molecule has 500 valence electrons. The van der Waals surface area contributed by atoms with Gasteiger partial charge < -0.3 is 57.6 Å². The van der Waals surface area contributed by atoms with Crippen LogP contribution in [0.15, 0.2) is 182 Å². The fourth-order valence-electron chi connectivity index (χ4n) is 12.7. The second-order valence-corrected chi connectivity index (χ2v) is 84.7. The van der Waals surface area contributed by atoms with Crippen LogP contribution in [-0.4, -0.2) is 128 Å². The van der Waals surface area contributed by atoms with Crippen LogP contribution in [0.3, 0.4) is 0 Å². The van der Waals surface area contributed by atoms with Gasteiger partial charge in [-0.25, -0.2) is 0 Å². The van der Waals surface area contributed by atoms with Gasteiger partial charge in [-0.1, -0.05) is 182 Å². The van der Waals surface area contributed by atoms with E-state index in [1.807, 2.05) is 36.4 Å². The van der Waals surface area contributed by atoms with Crippen LogP contribution < -0.4 is 31.1 Å². The third-order valence-electron chi connectivity index (χ3n) is 13.3. The lowest BCUT2D eigenvalue weighted by atomic mass is 10.4. The van der Waals surface area contributed by atoms with Gasteiger partial charge in [-0.3, -0.25) is 0 Å². The lowest BCUT2D eigenvalue weighted by Crippen LogP contribution is -2.82. The highest BCUT2D eigenvalue weighted by Crippen LogP contribution is 2.34. The fraction of sp³-hybridized carbons (Fsp3) is 0.419. The highest BCUT2D eigenvalue weighted by molar-refractivity contribution is 7.11. The van der Waals surface area contributed by atoms with Crippen LogP contribution in [0.2, 0.25) is 170 Å². The van der Waals surface area contributed by atoms with Crippen molar-refractivity contribution in [3.8, 4) is 0 Å². The Morgan fingerprint density at radius 2 is 0.275 bits per heavy atom. The van der Waals surface area contributed by atoms with Crippen molar-refractivity contribution in [1.29, 1.82) is 0 Å². The normalized spacial score (nSPS) is 14.4. The molecular weight excluding hydrogens is 1390 g/mol. The summed E-state index contributed by atoms with van der Waals surface area (Å²) in [4.78, 5) is 0. The molecular formula is C62H108O14Si15. The first-order valence-electron chi connectivity index (χ1n) is 31.7. The first-order valence-corrected chi connectivity index (χ1v) is 72.1. The molecule has 0 saturated carbocycles. The first-order chi connectivity index (χ1) is 41.5. The van der Waals surface area contributed by atoms with E-state index in [1.54, 1.807) is 0 Å². The van der Waals surface area contributed by atoms with E-state index in [4.69, 9.17) is 57.6 Å². The van der Waals surface area contributed by atoms with E-state index in [9.17, 15) is 0 Å². The highest BCUT2D eigenvalue weighted by Gasteiger charge is 2.62. The van der Waals surface area contributed by atoms with E-state index in [2.05, 4.69) is 316 Å². The minimum Gasteiger partial charge on any atom is -0.437 e. The van der Waals surface area contributed by atoms with Gasteiger partial charge in [0.25, 0.3) is 0 Å². The van der Waals surface area contributed by atoms with Crippen molar-refractivity contribution >= 4 is 159 Å². The monoisotopic (exact) mass is 1500 g/mol. The third-order valence-corrected chi connectivity index (χ3v) is 71.0. The molecule has 0 radical (unpaired) electrons. The summed E-state index contributed by atoms with van der Waals surface area (Å²) >= 11 is 0. The van der Waals surface area contributed by atoms with E-state index in [0.29, 0.717) is 0 Å². The lowest BCUT2D eigenvalue weighted by Gasteiger charge is -2.49. The molecule has 0 amide bonds. The predicted molar refractivity (Wildman–Crippen MR) is 410 cm³/mol. The topological polar surface area (TPSA) is 129 Å². The third kappa shape index (κ3) is 23.6. The van der Waals surface area contributed by atoms with Crippen LogP contribution in [-0.2, 0) is 57.6 Å². The van der Waals surface area contributed by atoms with Crippen LogP contribution in [0.25, 0.3) is 0 Å². The number of benzene rings is 6. The molecule has 0 heterocycles. The number of hydrogen-bond donors (Lipinski definition) is 0. The van der Waals surface area contributed by atoms with Gasteiger partial charge in [-0.2, -0.15) is 0 Å². The Morgan fingerprint density at radius 3 is 0.440 bits per heavy atom. The summed E-state index contributed by atoms with van der Waals surface area (Å²) in [7, 11) is -45.4. The second kappa shape index (κ2) is 29.6. The Bertz CT molecular complexity index is 3120.